The minimum Gasteiger partial charge on any atom is -0.385 e. The Bertz CT molecular complexity index is 342. The van der Waals surface area contributed by atoms with Crippen LogP contribution in [0, 0.1) is 25.7 Å². The Balaban J connectivity index is 1.85. The zero-order chi connectivity index (χ0) is 12.3. The molecular formula is C16H25N. The van der Waals surface area contributed by atoms with Crippen molar-refractivity contribution in [3.63, 3.8) is 0 Å². The maximum absolute atomic E-state index is 3.61. The molecule has 0 unspecified atom stereocenters. The van der Waals surface area contributed by atoms with Crippen molar-refractivity contribution in [3.8, 4) is 0 Å². The van der Waals surface area contributed by atoms with Gasteiger partial charge in [-0.05, 0) is 61.8 Å². The smallest absolute Gasteiger partial charge is 0.0345 e. The highest BCUT2D eigenvalue weighted by Crippen LogP contribution is 2.28. The Morgan fingerprint density at radius 2 is 1.59 bits per heavy atom. The van der Waals surface area contributed by atoms with Crippen LogP contribution in [0.3, 0.4) is 0 Å². The molecule has 0 aromatic heterocycles. The standard InChI is InChI=1S/C16H25N/c1-12-4-6-15(7-5-12)11-17-16-9-13(2)8-14(3)10-16/h8-10,12,15,17H,4-7,11H2,1-3H3. The van der Waals surface area contributed by atoms with Gasteiger partial charge in [-0.1, -0.05) is 25.8 Å². The van der Waals surface area contributed by atoms with Crippen molar-refractivity contribution < 1.29 is 0 Å². The van der Waals surface area contributed by atoms with Crippen molar-refractivity contribution in [1.29, 1.82) is 0 Å². The molecule has 1 aromatic rings. The molecule has 1 aliphatic carbocycles. The molecule has 1 fully saturated rings. The summed E-state index contributed by atoms with van der Waals surface area (Å²) in [5, 5.41) is 3.61. The number of aryl methyl sites for hydroxylation is 2. The summed E-state index contributed by atoms with van der Waals surface area (Å²) < 4.78 is 0. The van der Waals surface area contributed by atoms with Crippen LogP contribution in [0.5, 0.6) is 0 Å². The van der Waals surface area contributed by atoms with Gasteiger partial charge in [0.2, 0.25) is 0 Å². The predicted octanol–water partition coefficient (Wildman–Crippen LogP) is 4.54. The highest BCUT2D eigenvalue weighted by atomic mass is 14.9. The minimum absolute atomic E-state index is 0.881. The van der Waals surface area contributed by atoms with Gasteiger partial charge in [0.25, 0.3) is 0 Å². The lowest BCUT2D eigenvalue weighted by molar-refractivity contribution is 0.300. The molecule has 0 aliphatic heterocycles. The molecular weight excluding hydrogens is 206 g/mol. The lowest BCUT2D eigenvalue weighted by atomic mass is 9.83. The molecule has 94 valence electrons. The molecule has 1 aliphatic rings. The first-order chi connectivity index (χ1) is 8.13. The van der Waals surface area contributed by atoms with E-state index in [0.29, 0.717) is 0 Å². The second-order valence-electron chi connectivity index (χ2n) is 5.88. The second kappa shape index (κ2) is 5.57. The molecule has 0 saturated heterocycles. The Labute approximate surface area is 106 Å². The molecule has 1 heteroatoms. The van der Waals surface area contributed by atoms with Crippen LogP contribution in [0.25, 0.3) is 0 Å². The molecule has 1 aromatic carbocycles. The largest absolute Gasteiger partial charge is 0.385 e. The fourth-order valence-corrected chi connectivity index (χ4v) is 2.87. The third-order valence-corrected chi connectivity index (χ3v) is 3.95. The highest BCUT2D eigenvalue weighted by molar-refractivity contribution is 5.48. The van der Waals surface area contributed by atoms with Gasteiger partial charge in [-0.3, -0.25) is 0 Å². The Morgan fingerprint density at radius 1 is 1.00 bits per heavy atom. The van der Waals surface area contributed by atoms with Crippen molar-refractivity contribution >= 4 is 5.69 Å². The molecule has 2 rings (SSSR count). The van der Waals surface area contributed by atoms with Gasteiger partial charge in [0.05, 0.1) is 0 Å². The molecule has 1 nitrogen and oxygen atoms in total. The van der Waals surface area contributed by atoms with Crippen molar-refractivity contribution in [3.05, 3.63) is 29.3 Å². The van der Waals surface area contributed by atoms with Crippen LogP contribution in [0.4, 0.5) is 5.69 Å². The van der Waals surface area contributed by atoms with E-state index in [1.165, 1.54) is 42.5 Å². The van der Waals surface area contributed by atoms with E-state index in [1.54, 1.807) is 0 Å². The number of hydrogen-bond acceptors (Lipinski definition) is 1. The van der Waals surface area contributed by atoms with E-state index in [-0.39, 0.29) is 0 Å². The van der Waals surface area contributed by atoms with Gasteiger partial charge in [-0.15, -0.1) is 0 Å². The lowest BCUT2D eigenvalue weighted by Gasteiger charge is -2.26. The molecule has 17 heavy (non-hydrogen) atoms. The third kappa shape index (κ3) is 3.76. The zero-order valence-corrected chi connectivity index (χ0v) is 11.4. The summed E-state index contributed by atoms with van der Waals surface area (Å²) in [6.07, 6.45) is 5.64. The molecule has 0 radical (unpaired) electrons. The summed E-state index contributed by atoms with van der Waals surface area (Å²) in [5.41, 5.74) is 4.00. The van der Waals surface area contributed by atoms with Crippen LogP contribution in [0.15, 0.2) is 18.2 Å². The SMILES string of the molecule is Cc1cc(C)cc(NCC2CCC(C)CC2)c1. The number of anilines is 1. The Hall–Kier alpha value is -0.980. The molecule has 0 amide bonds. The van der Waals surface area contributed by atoms with Crippen LogP contribution in [0.2, 0.25) is 0 Å². The maximum Gasteiger partial charge on any atom is 0.0345 e. The average molecular weight is 231 g/mol. The van der Waals surface area contributed by atoms with Gasteiger partial charge in [-0.25, -0.2) is 0 Å². The molecule has 0 spiro atoms. The van der Waals surface area contributed by atoms with Gasteiger partial charge in [-0.2, -0.15) is 0 Å². The normalized spacial score (nSPS) is 24.6. The summed E-state index contributed by atoms with van der Waals surface area (Å²) in [7, 11) is 0. The van der Waals surface area contributed by atoms with E-state index in [0.717, 1.165) is 18.4 Å². The van der Waals surface area contributed by atoms with Gasteiger partial charge >= 0.3 is 0 Å². The van der Waals surface area contributed by atoms with Crippen LogP contribution < -0.4 is 5.32 Å². The predicted molar refractivity (Wildman–Crippen MR) is 75.5 cm³/mol. The van der Waals surface area contributed by atoms with Crippen molar-refractivity contribution in [1.82, 2.24) is 0 Å². The number of rotatable bonds is 3. The van der Waals surface area contributed by atoms with E-state index >= 15 is 0 Å². The first-order valence-corrected chi connectivity index (χ1v) is 6.95. The Kier molecular flexibility index (Phi) is 4.09. The quantitative estimate of drug-likeness (QED) is 0.805. The summed E-state index contributed by atoms with van der Waals surface area (Å²) in [6, 6.07) is 6.73. The number of nitrogens with one attached hydrogen (secondary N) is 1. The van der Waals surface area contributed by atoms with Gasteiger partial charge in [0.1, 0.15) is 0 Å². The zero-order valence-electron chi connectivity index (χ0n) is 11.4. The van der Waals surface area contributed by atoms with E-state index in [9.17, 15) is 0 Å². The topological polar surface area (TPSA) is 12.0 Å². The summed E-state index contributed by atoms with van der Waals surface area (Å²) in [6.45, 7) is 7.87. The van der Waals surface area contributed by atoms with Crippen LogP contribution in [-0.4, -0.2) is 6.54 Å². The highest BCUT2D eigenvalue weighted by Gasteiger charge is 2.17. The van der Waals surface area contributed by atoms with E-state index < -0.39 is 0 Å². The van der Waals surface area contributed by atoms with Gasteiger partial charge < -0.3 is 5.32 Å². The number of hydrogen-bond donors (Lipinski definition) is 1. The van der Waals surface area contributed by atoms with Crippen molar-refractivity contribution in [2.24, 2.45) is 11.8 Å². The summed E-state index contributed by atoms with van der Waals surface area (Å²) in [5.74, 6) is 1.83. The second-order valence-corrected chi connectivity index (χ2v) is 5.88. The minimum atomic E-state index is 0.881. The van der Waals surface area contributed by atoms with Crippen molar-refractivity contribution in [2.75, 3.05) is 11.9 Å². The molecule has 1 N–H and O–H groups in total. The molecule has 0 bridgehead atoms. The molecule has 0 atom stereocenters. The molecule has 1 saturated carbocycles. The Morgan fingerprint density at radius 3 is 2.18 bits per heavy atom. The lowest BCUT2D eigenvalue weighted by Crippen LogP contribution is -2.20. The van der Waals surface area contributed by atoms with Crippen LogP contribution >= 0.6 is 0 Å². The first-order valence-electron chi connectivity index (χ1n) is 6.95. The van der Waals surface area contributed by atoms with Crippen LogP contribution in [0.1, 0.15) is 43.7 Å². The van der Waals surface area contributed by atoms with Crippen molar-refractivity contribution in [2.45, 2.75) is 46.5 Å². The third-order valence-electron chi connectivity index (χ3n) is 3.95. The summed E-state index contributed by atoms with van der Waals surface area (Å²) >= 11 is 0. The van der Waals surface area contributed by atoms with E-state index in [4.69, 9.17) is 0 Å². The fourth-order valence-electron chi connectivity index (χ4n) is 2.87. The molecule has 0 heterocycles. The van der Waals surface area contributed by atoms with Gasteiger partial charge in [0, 0.05) is 12.2 Å². The summed E-state index contributed by atoms with van der Waals surface area (Å²) in [4.78, 5) is 0. The number of benzene rings is 1. The first kappa shape index (κ1) is 12.5. The maximum atomic E-state index is 3.61. The van der Waals surface area contributed by atoms with Gasteiger partial charge in [0.15, 0.2) is 0 Å². The fraction of sp³-hybridized carbons (Fsp3) is 0.625. The average Bonchev–Trinajstić information content (AvgIpc) is 2.27. The monoisotopic (exact) mass is 231 g/mol. The van der Waals surface area contributed by atoms with E-state index in [2.05, 4.69) is 44.3 Å². The van der Waals surface area contributed by atoms with E-state index in [1.807, 2.05) is 0 Å². The van der Waals surface area contributed by atoms with Crippen LogP contribution in [-0.2, 0) is 0 Å².